The summed E-state index contributed by atoms with van der Waals surface area (Å²) in [5, 5.41) is 3.87. The highest BCUT2D eigenvalue weighted by Gasteiger charge is 2.34. The van der Waals surface area contributed by atoms with E-state index in [1.54, 1.807) is 0 Å². The van der Waals surface area contributed by atoms with Gasteiger partial charge in [-0.1, -0.05) is 5.16 Å². The monoisotopic (exact) mass is 127 g/mol. The molecule has 0 N–H and O–H groups in total. The van der Waals surface area contributed by atoms with Crippen LogP contribution in [-0.4, -0.2) is 25.0 Å². The van der Waals surface area contributed by atoms with E-state index in [4.69, 9.17) is 9.57 Å². The molecule has 0 amide bonds. The lowest BCUT2D eigenvalue weighted by atomic mass is 10.1. The second-order valence-corrected chi connectivity index (χ2v) is 2.48. The summed E-state index contributed by atoms with van der Waals surface area (Å²) in [4.78, 5) is 4.89. The van der Waals surface area contributed by atoms with E-state index in [0.29, 0.717) is 5.92 Å². The van der Waals surface area contributed by atoms with Crippen LogP contribution in [0, 0.1) is 5.92 Å². The predicted octanol–water partition coefficient (Wildman–Crippen LogP) is 0.407. The molecule has 2 atom stereocenters. The molecule has 50 valence electrons. The third-order valence-electron chi connectivity index (χ3n) is 1.83. The van der Waals surface area contributed by atoms with E-state index >= 15 is 0 Å². The van der Waals surface area contributed by atoms with Crippen molar-refractivity contribution in [3.63, 3.8) is 0 Å². The Balaban J connectivity index is 2.22. The Bertz CT molecular complexity index is 155. The highest BCUT2D eigenvalue weighted by atomic mass is 16.6. The van der Waals surface area contributed by atoms with Crippen molar-refractivity contribution in [2.75, 3.05) is 13.2 Å². The van der Waals surface area contributed by atoms with Crippen molar-refractivity contribution in [1.29, 1.82) is 0 Å². The number of hydrogen-bond acceptors (Lipinski definition) is 3. The van der Waals surface area contributed by atoms with Gasteiger partial charge < -0.3 is 9.57 Å². The molecule has 1 saturated heterocycles. The first-order chi connectivity index (χ1) is 4.38. The molecule has 2 heterocycles. The second kappa shape index (κ2) is 1.70. The summed E-state index contributed by atoms with van der Waals surface area (Å²) in [7, 11) is 0. The normalized spacial score (nSPS) is 39.9. The average molecular weight is 127 g/mol. The van der Waals surface area contributed by atoms with Crippen LogP contribution in [0.15, 0.2) is 5.16 Å². The molecule has 2 rings (SSSR count). The molecule has 0 radical (unpaired) electrons. The SMILES string of the molecule is C[C@@H]1OC[C@H]2CON=C21. The second-order valence-electron chi connectivity index (χ2n) is 2.48. The van der Waals surface area contributed by atoms with E-state index in [1.165, 1.54) is 0 Å². The van der Waals surface area contributed by atoms with Gasteiger partial charge in [-0.2, -0.15) is 0 Å². The lowest BCUT2D eigenvalue weighted by Gasteiger charge is -1.97. The molecular formula is C6H9NO2. The topological polar surface area (TPSA) is 30.8 Å². The molecule has 0 spiro atoms. The standard InChI is InChI=1S/C6H9NO2/c1-4-6-5(2-8-4)3-9-7-6/h4-5H,2-3H2,1H3/t4-,5-/m0/s1. The maximum atomic E-state index is 5.31. The summed E-state index contributed by atoms with van der Waals surface area (Å²) in [6, 6.07) is 0. The van der Waals surface area contributed by atoms with Crippen molar-refractivity contribution in [2.24, 2.45) is 11.1 Å². The Morgan fingerprint density at radius 1 is 1.56 bits per heavy atom. The third kappa shape index (κ3) is 0.645. The van der Waals surface area contributed by atoms with Crippen LogP contribution in [0.25, 0.3) is 0 Å². The van der Waals surface area contributed by atoms with Gasteiger partial charge in [0.1, 0.15) is 6.61 Å². The van der Waals surface area contributed by atoms with Crippen LogP contribution in [0.5, 0.6) is 0 Å². The molecular weight excluding hydrogens is 118 g/mol. The minimum absolute atomic E-state index is 0.192. The molecule has 0 saturated carbocycles. The van der Waals surface area contributed by atoms with Crippen LogP contribution in [-0.2, 0) is 9.57 Å². The molecule has 0 bridgehead atoms. The van der Waals surface area contributed by atoms with E-state index in [1.807, 2.05) is 6.92 Å². The summed E-state index contributed by atoms with van der Waals surface area (Å²) in [5.41, 5.74) is 1.09. The van der Waals surface area contributed by atoms with Crippen molar-refractivity contribution in [1.82, 2.24) is 0 Å². The number of hydrogen-bond donors (Lipinski definition) is 0. The van der Waals surface area contributed by atoms with E-state index in [-0.39, 0.29) is 6.10 Å². The molecule has 0 aromatic rings. The molecule has 3 heteroatoms. The number of nitrogens with zero attached hydrogens (tertiary/aromatic N) is 1. The maximum Gasteiger partial charge on any atom is 0.127 e. The first-order valence-electron chi connectivity index (χ1n) is 3.19. The highest BCUT2D eigenvalue weighted by molar-refractivity contribution is 5.92. The molecule has 9 heavy (non-hydrogen) atoms. The zero-order valence-electron chi connectivity index (χ0n) is 5.33. The van der Waals surface area contributed by atoms with Gasteiger partial charge in [0.15, 0.2) is 0 Å². The number of ether oxygens (including phenoxy) is 1. The molecule has 3 nitrogen and oxygen atoms in total. The molecule has 0 unspecified atom stereocenters. The first-order valence-corrected chi connectivity index (χ1v) is 3.19. The lowest BCUT2D eigenvalue weighted by Crippen LogP contribution is -2.14. The van der Waals surface area contributed by atoms with Gasteiger partial charge in [0, 0.05) is 0 Å². The van der Waals surface area contributed by atoms with Gasteiger partial charge in [0.2, 0.25) is 0 Å². The molecule has 2 aliphatic rings. The van der Waals surface area contributed by atoms with Crippen LogP contribution in [0.3, 0.4) is 0 Å². The zero-order chi connectivity index (χ0) is 6.27. The molecule has 0 aromatic carbocycles. The van der Waals surface area contributed by atoms with Crippen LogP contribution in [0.4, 0.5) is 0 Å². The van der Waals surface area contributed by atoms with Gasteiger partial charge in [-0.05, 0) is 6.92 Å². The summed E-state index contributed by atoms with van der Waals surface area (Å²) < 4.78 is 5.31. The zero-order valence-corrected chi connectivity index (χ0v) is 5.33. The minimum Gasteiger partial charge on any atom is -0.395 e. The summed E-state index contributed by atoms with van der Waals surface area (Å²) in [6.07, 6.45) is 0.192. The maximum absolute atomic E-state index is 5.31. The van der Waals surface area contributed by atoms with E-state index in [0.717, 1.165) is 18.9 Å². The number of oxime groups is 1. The Morgan fingerprint density at radius 2 is 2.44 bits per heavy atom. The summed E-state index contributed by atoms with van der Waals surface area (Å²) in [6.45, 7) is 3.52. The van der Waals surface area contributed by atoms with Crippen molar-refractivity contribution in [3.05, 3.63) is 0 Å². The van der Waals surface area contributed by atoms with Crippen molar-refractivity contribution < 1.29 is 9.57 Å². The van der Waals surface area contributed by atoms with Crippen LogP contribution >= 0.6 is 0 Å². The van der Waals surface area contributed by atoms with Gasteiger partial charge in [-0.25, -0.2) is 0 Å². The largest absolute Gasteiger partial charge is 0.395 e. The number of fused-ring (bicyclic) bond motifs is 1. The molecule has 0 aliphatic carbocycles. The van der Waals surface area contributed by atoms with Gasteiger partial charge in [-0.15, -0.1) is 0 Å². The van der Waals surface area contributed by atoms with Gasteiger partial charge in [-0.3, -0.25) is 0 Å². The molecule has 2 aliphatic heterocycles. The van der Waals surface area contributed by atoms with Crippen molar-refractivity contribution in [2.45, 2.75) is 13.0 Å². The fourth-order valence-electron chi connectivity index (χ4n) is 1.25. The smallest absolute Gasteiger partial charge is 0.127 e. The number of rotatable bonds is 0. The fourth-order valence-corrected chi connectivity index (χ4v) is 1.25. The minimum atomic E-state index is 0.192. The Hall–Kier alpha value is -0.570. The first kappa shape index (κ1) is 5.23. The highest BCUT2D eigenvalue weighted by Crippen LogP contribution is 2.21. The Labute approximate surface area is 53.6 Å². The Morgan fingerprint density at radius 3 is 3.22 bits per heavy atom. The van der Waals surface area contributed by atoms with E-state index < -0.39 is 0 Å². The van der Waals surface area contributed by atoms with Crippen molar-refractivity contribution in [3.8, 4) is 0 Å². The third-order valence-corrected chi connectivity index (χ3v) is 1.83. The van der Waals surface area contributed by atoms with Crippen molar-refractivity contribution >= 4 is 5.71 Å². The summed E-state index contributed by atoms with van der Waals surface area (Å²) >= 11 is 0. The van der Waals surface area contributed by atoms with E-state index in [9.17, 15) is 0 Å². The van der Waals surface area contributed by atoms with Crippen LogP contribution in [0.1, 0.15) is 6.92 Å². The van der Waals surface area contributed by atoms with Gasteiger partial charge >= 0.3 is 0 Å². The average Bonchev–Trinajstić information content (AvgIpc) is 2.35. The quantitative estimate of drug-likeness (QED) is 0.471. The fraction of sp³-hybridized carbons (Fsp3) is 0.833. The van der Waals surface area contributed by atoms with Crippen LogP contribution < -0.4 is 0 Å². The van der Waals surface area contributed by atoms with Gasteiger partial charge in [0.05, 0.1) is 24.3 Å². The Kier molecular flexibility index (Phi) is 0.990. The predicted molar refractivity (Wildman–Crippen MR) is 32.3 cm³/mol. The summed E-state index contributed by atoms with van der Waals surface area (Å²) in [5.74, 6) is 0.458. The van der Waals surface area contributed by atoms with E-state index in [2.05, 4.69) is 5.16 Å². The lowest BCUT2D eigenvalue weighted by molar-refractivity contribution is 0.0856. The van der Waals surface area contributed by atoms with Gasteiger partial charge in [0.25, 0.3) is 0 Å². The van der Waals surface area contributed by atoms with Crippen LogP contribution in [0.2, 0.25) is 0 Å². The molecule has 1 fully saturated rings. The molecule has 0 aromatic heterocycles.